The van der Waals surface area contributed by atoms with E-state index in [0.717, 1.165) is 0 Å². The highest BCUT2D eigenvalue weighted by Crippen LogP contribution is 2.35. The molecule has 0 aromatic carbocycles. The van der Waals surface area contributed by atoms with Crippen LogP contribution in [0.15, 0.2) is 30.1 Å². The van der Waals surface area contributed by atoms with Gasteiger partial charge in [0.05, 0.1) is 18.7 Å². The second-order valence-corrected chi connectivity index (χ2v) is 6.37. The Balaban J connectivity index is 1.83. The first-order valence-corrected chi connectivity index (χ1v) is 8.01. The van der Waals surface area contributed by atoms with Crippen LogP contribution in [0.1, 0.15) is 47.2 Å². The zero-order valence-corrected chi connectivity index (χ0v) is 14.4. The van der Waals surface area contributed by atoms with Crippen LogP contribution in [0.25, 0.3) is 5.65 Å². The van der Waals surface area contributed by atoms with Crippen LogP contribution in [-0.4, -0.2) is 44.7 Å². The second kappa shape index (κ2) is 6.58. The van der Waals surface area contributed by atoms with Gasteiger partial charge in [-0.15, -0.1) is 0 Å². The van der Waals surface area contributed by atoms with Gasteiger partial charge < -0.3 is 15.2 Å². The molecule has 0 aliphatic heterocycles. The Morgan fingerprint density at radius 1 is 1.38 bits per heavy atom. The molecule has 1 unspecified atom stereocenters. The fraction of sp³-hybridized carbons (Fsp3) is 0.353. The average Bonchev–Trinajstić information content (AvgIpc) is 3.10. The summed E-state index contributed by atoms with van der Waals surface area (Å²) in [7, 11) is 1.35. The molecule has 2 aromatic rings. The van der Waals surface area contributed by atoms with Gasteiger partial charge in [0.25, 0.3) is 5.91 Å². The Hall–Kier alpha value is -3.23. The van der Waals surface area contributed by atoms with E-state index in [2.05, 4.69) is 15.4 Å². The molecule has 9 heteroatoms. The number of carbonyl (C=O) groups is 3. The number of aromatic carboxylic acids is 1. The third-order valence-corrected chi connectivity index (χ3v) is 4.51. The van der Waals surface area contributed by atoms with Gasteiger partial charge in [0.2, 0.25) is 0 Å². The molecule has 0 bridgehead atoms. The van der Waals surface area contributed by atoms with Crippen molar-refractivity contribution in [3.05, 3.63) is 41.5 Å². The molecule has 0 saturated heterocycles. The maximum atomic E-state index is 12.6. The molecule has 2 N–H and O–H groups in total. The molecule has 0 radical (unpaired) electrons. The number of rotatable bonds is 4. The van der Waals surface area contributed by atoms with E-state index in [1.165, 1.54) is 30.0 Å². The van der Waals surface area contributed by atoms with Gasteiger partial charge in [-0.05, 0) is 26.2 Å². The number of hydrogen-bond acceptors (Lipinski definition) is 6. The van der Waals surface area contributed by atoms with E-state index in [1.807, 2.05) is 6.92 Å². The number of ether oxygens (including phenoxy) is 1. The molecular formula is C17H18N4O5. The van der Waals surface area contributed by atoms with Crippen LogP contribution in [0.5, 0.6) is 0 Å². The summed E-state index contributed by atoms with van der Waals surface area (Å²) in [5.74, 6) is -2.00. The number of carboxylic acid groups (broad SMARTS) is 1. The number of nitrogens with one attached hydrogen (secondary N) is 1. The summed E-state index contributed by atoms with van der Waals surface area (Å²) in [4.78, 5) is 39.6. The zero-order chi connectivity index (χ0) is 18.9. The largest absolute Gasteiger partial charge is 0.477 e. The minimum absolute atomic E-state index is 0.0691. The van der Waals surface area contributed by atoms with E-state index in [1.54, 1.807) is 6.08 Å². The van der Waals surface area contributed by atoms with Gasteiger partial charge in [-0.3, -0.25) is 9.59 Å². The van der Waals surface area contributed by atoms with Crippen LogP contribution in [0, 0.1) is 5.41 Å². The van der Waals surface area contributed by atoms with Crippen molar-refractivity contribution in [2.75, 3.05) is 7.11 Å². The fourth-order valence-electron chi connectivity index (χ4n) is 2.90. The minimum atomic E-state index is -1.23. The quantitative estimate of drug-likeness (QED) is 0.792. The summed E-state index contributed by atoms with van der Waals surface area (Å²) in [5, 5.41) is 15.9. The lowest BCUT2D eigenvalue weighted by Gasteiger charge is -2.30. The summed E-state index contributed by atoms with van der Waals surface area (Å²) in [6, 6.07) is 2.70. The summed E-state index contributed by atoms with van der Waals surface area (Å²) < 4.78 is 6.11. The molecule has 1 aliphatic carbocycles. The van der Waals surface area contributed by atoms with Crippen molar-refractivity contribution in [2.45, 2.75) is 26.2 Å². The summed E-state index contributed by atoms with van der Waals surface area (Å²) in [5.41, 5.74) is 0.167. The van der Waals surface area contributed by atoms with E-state index >= 15 is 0 Å². The molecule has 9 nitrogen and oxygen atoms in total. The van der Waals surface area contributed by atoms with Crippen molar-refractivity contribution in [1.82, 2.24) is 19.9 Å². The molecule has 0 spiro atoms. The van der Waals surface area contributed by atoms with Crippen molar-refractivity contribution < 1.29 is 24.2 Å². The van der Waals surface area contributed by atoms with Gasteiger partial charge in [0.1, 0.15) is 5.69 Å². The normalized spacial score (nSPS) is 19.7. The van der Waals surface area contributed by atoms with Crippen LogP contribution in [0.4, 0.5) is 0 Å². The van der Waals surface area contributed by atoms with Crippen molar-refractivity contribution >= 4 is 23.5 Å². The molecule has 2 aromatic heterocycles. The lowest BCUT2D eigenvalue weighted by atomic mass is 9.78. The molecule has 26 heavy (non-hydrogen) atoms. The average molecular weight is 358 g/mol. The molecule has 1 atom stereocenters. The Morgan fingerprint density at radius 3 is 2.77 bits per heavy atom. The lowest BCUT2D eigenvalue weighted by Crippen LogP contribution is -2.34. The predicted molar refractivity (Wildman–Crippen MR) is 89.5 cm³/mol. The number of hydrogen-bond donors (Lipinski definition) is 2. The number of esters is 1. The standard InChI is InChI=1S/C17H18N4O5/c1-17(16(25)26-2)6-3-10(4-7-17)19-14(22)12-9-11(15(23)24)20-13-5-8-18-21(12)13/h3,5,8-9H,4,6-7H2,1-2H3,(H,19,22)(H,23,24). The molecular weight excluding hydrogens is 340 g/mol. The van der Waals surface area contributed by atoms with Gasteiger partial charge in [-0.2, -0.15) is 5.10 Å². The van der Waals surface area contributed by atoms with Crippen molar-refractivity contribution in [1.29, 1.82) is 0 Å². The lowest BCUT2D eigenvalue weighted by molar-refractivity contribution is -0.152. The molecule has 3 rings (SSSR count). The van der Waals surface area contributed by atoms with E-state index in [0.29, 0.717) is 25.0 Å². The van der Waals surface area contributed by atoms with E-state index in [-0.39, 0.29) is 23.0 Å². The highest BCUT2D eigenvalue weighted by molar-refractivity contribution is 5.97. The number of fused-ring (bicyclic) bond motifs is 1. The first kappa shape index (κ1) is 17.6. The first-order chi connectivity index (χ1) is 12.3. The minimum Gasteiger partial charge on any atom is -0.477 e. The highest BCUT2D eigenvalue weighted by Gasteiger charge is 2.36. The van der Waals surface area contributed by atoms with Gasteiger partial charge in [0.15, 0.2) is 11.3 Å². The zero-order valence-electron chi connectivity index (χ0n) is 14.4. The SMILES string of the molecule is COC(=O)C1(C)CC=C(NC(=O)c2cc(C(=O)O)nc3ccnn23)CC1. The van der Waals surface area contributed by atoms with Crippen LogP contribution in [-0.2, 0) is 9.53 Å². The number of aromatic nitrogens is 3. The van der Waals surface area contributed by atoms with Crippen LogP contribution < -0.4 is 5.32 Å². The van der Waals surface area contributed by atoms with Crippen LogP contribution in [0.2, 0.25) is 0 Å². The number of amides is 1. The van der Waals surface area contributed by atoms with Crippen LogP contribution in [0.3, 0.4) is 0 Å². The topological polar surface area (TPSA) is 123 Å². The molecule has 1 aliphatic rings. The number of carbonyl (C=O) groups excluding carboxylic acids is 2. The molecule has 136 valence electrons. The molecule has 2 heterocycles. The summed E-state index contributed by atoms with van der Waals surface area (Å²) >= 11 is 0. The Morgan fingerprint density at radius 2 is 2.15 bits per heavy atom. The number of allylic oxidation sites excluding steroid dienone is 2. The van der Waals surface area contributed by atoms with Gasteiger partial charge in [-0.1, -0.05) is 6.08 Å². The maximum Gasteiger partial charge on any atom is 0.354 e. The Bertz CT molecular complexity index is 932. The van der Waals surface area contributed by atoms with Gasteiger partial charge in [-0.25, -0.2) is 14.3 Å². The highest BCUT2D eigenvalue weighted by atomic mass is 16.5. The Kier molecular flexibility index (Phi) is 4.45. The van der Waals surface area contributed by atoms with Crippen LogP contribution >= 0.6 is 0 Å². The summed E-state index contributed by atoms with van der Waals surface area (Å²) in [6.45, 7) is 1.82. The van der Waals surface area contributed by atoms with Gasteiger partial charge in [0, 0.05) is 17.8 Å². The van der Waals surface area contributed by atoms with E-state index in [9.17, 15) is 14.4 Å². The van der Waals surface area contributed by atoms with Gasteiger partial charge >= 0.3 is 11.9 Å². The fourth-order valence-corrected chi connectivity index (χ4v) is 2.90. The predicted octanol–water partition coefficient (Wildman–Crippen LogP) is 1.40. The first-order valence-electron chi connectivity index (χ1n) is 8.01. The number of carboxylic acids is 1. The molecule has 0 saturated carbocycles. The van der Waals surface area contributed by atoms with Crippen molar-refractivity contribution in [3.8, 4) is 0 Å². The number of nitrogens with zero attached hydrogens (tertiary/aromatic N) is 3. The van der Waals surface area contributed by atoms with E-state index in [4.69, 9.17) is 9.84 Å². The van der Waals surface area contributed by atoms with E-state index < -0.39 is 17.3 Å². The molecule has 0 fully saturated rings. The third-order valence-electron chi connectivity index (χ3n) is 4.51. The Labute approximate surface area is 148 Å². The molecule has 1 amide bonds. The van der Waals surface area contributed by atoms with Crippen molar-refractivity contribution in [3.63, 3.8) is 0 Å². The van der Waals surface area contributed by atoms with Crippen molar-refractivity contribution in [2.24, 2.45) is 5.41 Å². The number of methoxy groups -OCH3 is 1. The smallest absolute Gasteiger partial charge is 0.354 e. The second-order valence-electron chi connectivity index (χ2n) is 6.37. The third kappa shape index (κ3) is 3.15. The maximum absolute atomic E-state index is 12.6. The monoisotopic (exact) mass is 358 g/mol. The summed E-state index contributed by atoms with van der Waals surface area (Å²) in [6.07, 6.45) is 4.71.